The van der Waals surface area contributed by atoms with Gasteiger partial charge in [0.15, 0.2) is 5.78 Å². The molecular formula is C42H38Cl2F8O5Pt. The molecule has 0 radical (unpaired) electrons. The first-order valence-electron chi connectivity index (χ1n) is 17.0. The third kappa shape index (κ3) is 15.3. The second-order valence-corrected chi connectivity index (χ2v) is 15.5. The Morgan fingerprint density at radius 2 is 1.28 bits per heavy atom. The molecule has 0 saturated heterocycles. The average Bonchev–Trinajstić information content (AvgIpc) is 3.14. The monoisotopic (exact) mass is 1040 g/mol. The second-order valence-electron chi connectivity index (χ2n) is 12.2. The number of halogens is 10. The molecular weight excluding hydrogens is 1000 g/mol. The molecule has 0 aliphatic rings. The van der Waals surface area contributed by atoms with E-state index in [-0.39, 0.29) is 47.2 Å². The Hall–Kier alpha value is -4.02. The Morgan fingerprint density at radius 3 is 1.79 bits per heavy atom. The van der Waals surface area contributed by atoms with Crippen LogP contribution >= 0.6 is 18.8 Å². The summed E-state index contributed by atoms with van der Waals surface area (Å²) in [6, 6.07) is 22.8. The topological polar surface area (TPSA) is 87.3 Å². The molecule has 0 bridgehead atoms. The van der Waals surface area contributed by atoms with E-state index in [0.717, 1.165) is 17.2 Å². The molecule has 0 amide bonds. The first-order chi connectivity index (χ1) is 27.0. The van der Waals surface area contributed by atoms with Gasteiger partial charge in [0, 0.05) is 18.6 Å². The van der Waals surface area contributed by atoms with E-state index < -0.39 is 62.9 Å². The van der Waals surface area contributed by atoms with Gasteiger partial charge in [0.25, 0.3) is 0 Å². The van der Waals surface area contributed by atoms with Crippen molar-refractivity contribution in [1.29, 1.82) is 0 Å². The summed E-state index contributed by atoms with van der Waals surface area (Å²) < 4.78 is 117. The molecule has 5 nitrogen and oxygen atoms in total. The van der Waals surface area contributed by atoms with Crippen molar-refractivity contribution in [2.45, 2.75) is 58.7 Å². The fourth-order valence-corrected chi connectivity index (χ4v) is 5.58. The molecule has 5 rings (SSSR count). The van der Waals surface area contributed by atoms with Crippen LogP contribution < -0.4 is 0 Å². The summed E-state index contributed by atoms with van der Waals surface area (Å²) in [6.45, 7) is 4.43. The quantitative estimate of drug-likeness (QED) is 0.0584. The number of carbonyl (C=O) groups is 1. The van der Waals surface area contributed by atoms with E-state index in [4.69, 9.17) is 28.3 Å². The Bertz CT molecular complexity index is 2140. The Labute approximate surface area is 347 Å². The van der Waals surface area contributed by atoms with Crippen LogP contribution in [0.5, 0.6) is 5.75 Å². The standard InChI is InChI=1S/2C21H18F4O2.2ClH.H2O.Pt/c1-13-9-15-10-16(21(23,24)25)11-18(22)19(15)20(26)17(13)7-8-27-12-14-5-3-2-4-6-14;1-2-7-16-12-17(21(23,24)25)13-18(22)20(16)19(26)10-6-11-27-14-15-8-4-3-5-9-15;;;;/h2-6,9-11,26H,7-8,12H2,1H3;3-5,8-9,12-13H,6,10-11,14H2,1H3;2*1H;1H2;/q;;;;;+2/p-2. The molecule has 316 valence electrons. The van der Waals surface area contributed by atoms with E-state index in [0.29, 0.717) is 55.4 Å². The van der Waals surface area contributed by atoms with Crippen molar-refractivity contribution in [3.05, 3.63) is 147 Å². The SMILES string of the molecule is CC#Cc1cc(C(F)(F)F)cc(F)c1C(=O)CCCOCc1ccccc1.Cc1cc2cc(C(F)(F)F)cc(F)c2c(O)c1CCOCc1ccccc1.O.[Cl][Pt][Cl]. The number of Topliss-reactive ketones (excluding diaryl/α,β-unsaturated/α-hetero) is 1. The number of phenolic OH excluding ortho intramolecular Hbond substituents is 1. The summed E-state index contributed by atoms with van der Waals surface area (Å²) in [6.07, 6.45) is -8.76. The average molecular weight is 1040 g/mol. The molecule has 0 spiro atoms. The summed E-state index contributed by atoms with van der Waals surface area (Å²) in [5.74, 6) is 1.58. The molecule has 0 fully saturated rings. The molecule has 16 heteroatoms. The van der Waals surface area contributed by atoms with Crippen LogP contribution in [0.4, 0.5) is 35.1 Å². The van der Waals surface area contributed by atoms with Crippen LogP contribution in [0.1, 0.15) is 69.1 Å². The fraction of sp³-hybridized carbons (Fsp3) is 0.262. The molecule has 58 heavy (non-hydrogen) atoms. The molecule has 0 aliphatic heterocycles. The van der Waals surface area contributed by atoms with Crippen molar-refractivity contribution in [3.8, 4) is 17.6 Å². The minimum absolute atomic E-state index is 0. The van der Waals surface area contributed by atoms with Crippen LogP contribution in [0.2, 0.25) is 0 Å². The minimum atomic E-state index is -4.71. The third-order valence-electron chi connectivity index (χ3n) is 8.19. The van der Waals surface area contributed by atoms with Crippen molar-refractivity contribution < 1.29 is 76.5 Å². The van der Waals surface area contributed by atoms with Gasteiger partial charge in [-0.3, -0.25) is 4.79 Å². The molecule has 0 saturated carbocycles. The number of benzene rings is 5. The van der Waals surface area contributed by atoms with E-state index in [1.54, 1.807) is 6.92 Å². The van der Waals surface area contributed by atoms with E-state index >= 15 is 0 Å². The van der Waals surface area contributed by atoms with Gasteiger partial charge in [-0.1, -0.05) is 72.7 Å². The fourth-order valence-electron chi connectivity index (χ4n) is 5.58. The number of phenols is 1. The van der Waals surface area contributed by atoms with Crippen molar-refractivity contribution in [2.24, 2.45) is 0 Å². The molecule has 0 atom stereocenters. The summed E-state index contributed by atoms with van der Waals surface area (Å²) in [5, 5.41) is 10.3. The molecule has 0 unspecified atom stereocenters. The maximum atomic E-state index is 14.3. The Morgan fingerprint density at radius 1 is 0.776 bits per heavy atom. The number of carbonyl (C=O) groups excluding carboxylic acids is 1. The molecule has 3 N–H and O–H groups in total. The van der Waals surface area contributed by atoms with Crippen molar-refractivity contribution in [2.75, 3.05) is 13.2 Å². The zero-order valence-corrected chi connectivity index (χ0v) is 34.7. The van der Waals surface area contributed by atoms with Crippen molar-refractivity contribution >= 4 is 35.4 Å². The van der Waals surface area contributed by atoms with E-state index in [1.807, 2.05) is 60.7 Å². The molecule has 5 aromatic rings. The normalized spacial score (nSPS) is 11.0. The van der Waals surface area contributed by atoms with Gasteiger partial charge in [-0.05, 0) is 78.6 Å². The predicted molar refractivity (Wildman–Crippen MR) is 204 cm³/mol. The number of fused-ring (bicyclic) bond motifs is 1. The van der Waals surface area contributed by atoms with Crippen LogP contribution in [-0.2, 0) is 57.9 Å². The zero-order valence-electron chi connectivity index (χ0n) is 30.9. The van der Waals surface area contributed by atoms with E-state index in [9.17, 15) is 45.0 Å². The maximum absolute atomic E-state index is 14.3. The number of alkyl halides is 6. The van der Waals surface area contributed by atoms with E-state index in [1.165, 1.54) is 13.0 Å². The van der Waals surface area contributed by atoms with Crippen LogP contribution in [0, 0.1) is 30.4 Å². The van der Waals surface area contributed by atoms with Crippen molar-refractivity contribution in [1.82, 2.24) is 0 Å². The predicted octanol–water partition coefficient (Wildman–Crippen LogP) is 11.7. The number of ether oxygens (including phenoxy) is 2. The second kappa shape index (κ2) is 24.2. The molecule has 0 heterocycles. The van der Waals surface area contributed by atoms with Crippen molar-refractivity contribution in [3.63, 3.8) is 0 Å². The Balaban J connectivity index is 0.000000369. The Kier molecular flexibility index (Phi) is 20.9. The number of ketones is 1. The summed E-state index contributed by atoms with van der Waals surface area (Å²) in [4.78, 5) is 12.3. The zero-order chi connectivity index (χ0) is 42.2. The number of rotatable bonds is 12. The van der Waals surface area contributed by atoms with Gasteiger partial charge < -0.3 is 20.1 Å². The molecule has 0 aliphatic carbocycles. The first-order valence-corrected chi connectivity index (χ1v) is 22.6. The number of hydrogen-bond donors (Lipinski definition) is 1. The number of aromatic hydroxyl groups is 1. The van der Waals surface area contributed by atoms with E-state index in [2.05, 4.69) is 11.8 Å². The summed E-state index contributed by atoms with van der Waals surface area (Å²) in [7, 11) is 9.75. The van der Waals surface area contributed by atoms with Gasteiger partial charge in [0.05, 0.1) is 41.9 Å². The third-order valence-corrected chi connectivity index (χ3v) is 8.19. The molecule has 0 aromatic heterocycles. The summed E-state index contributed by atoms with van der Waals surface area (Å²) in [5.41, 5.74) is 0.142. The van der Waals surface area contributed by atoms with Crippen LogP contribution in [-0.4, -0.2) is 29.6 Å². The molecule has 5 aromatic carbocycles. The van der Waals surface area contributed by atoms with Gasteiger partial charge in [-0.15, -0.1) is 5.92 Å². The number of aryl methyl sites for hydroxylation is 1. The van der Waals surface area contributed by atoms with Crippen LogP contribution in [0.15, 0.2) is 91.0 Å². The van der Waals surface area contributed by atoms with Crippen LogP contribution in [0.25, 0.3) is 10.8 Å². The van der Waals surface area contributed by atoms with Gasteiger partial charge in [-0.2, -0.15) is 26.3 Å². The summed E-state index contributed by atoms with van der Waals surface area (Å²) >= 11 is -0.472. The van der Waals surface area contributed by atoms with Gasteiger partial charge in [0.1, 0.15) is 17.4 Å². The van der Waals surface area contributed by atoms with Gasteiger partial charge >= 0.3 is 47.7 Å². The first kappa shape index (κ1) is 50.1. The van der Waals surface area contributed by atoms with Gasteiger partial charge in [0.2, 0.25) is 0 Å². The van der Waals surface area contributed by atoms with Gasteiger partial charge in [-0.25, -0.2) is 8.78 Å². The van der Waals surface area contributed by atoms with Crippen LogP contribution in [0.3, 0.4) is 0 Å². The number of hydrogen-bond acceptors (Lipinski definition) is 4.